The van der Waals surface area contributed by atoms with Crippen molar-refractivity contribution in [3.05, 3.63) is 0 Å². The average molecular weight is 250 g/mol. The summed E-state index contributed by atoms with van der Waals surface area (Å²) in [6.45, 7) is 9.40. The summed E-state index contributed by atoms with van der Waals surface area (Å²) in [6.07, 6.45) is 7.54. The fraction of sp³-hybridized carbons (Fsp3) is 1.00. The van der Waals surface area contributed by atoms with Gasteiger partial charge < -0.3 is 9.47 Å². The van der Waals surface area contributed by atoms with Gasteiger partial charge in [-0.15, -0.1) is 0 Å². The van der Waals surface area contributed by atoms with Gasteiger partial charge in [0.05, 0.1) is 23.4 Å². The summed E-state index contributed by atoms with van der Waals surface area (Å²) < 4.78 is 12.0. The molecule has 0 aromatic rings. The third-order valence-electron chi connectivity index (χ3n) is 6.53. The predicted octanol–water partition coefficient (Wildman–Crippen LogP) is 3.54. The molecule has 0 aromatic heterocycles. The van der Waals surface area contributed by atoms with E-state index in [9.17, 15) is 0 Å². The van der Waals surface area contributed by atoms with Gasteiger partial charge in [0.1, 0.15) is 0 Å². The monoisotopic (exact) mass is 250 g/mol. The number of fused-ring (bicyclic) bond motifs is 1. The normalized spacial score (nSPS) is 60.0. The van der Waals surface area contributed by atoms with E-state index >= 15 is 0 Å². The third-order valence-corrected chi connectivity index (χ3v) is 6.53. The van der Waals surface area contributed by atoms with Gasteiger partial charge in [0.15, 0.2) is 0 Å². The fourth-order valence-electron chi connectivity index (χ4n) is 4.32. The van der Waals surface area contributed by atoms with Crippen molar-refractivity contribution in [3.8, 4) is 0 Å². The molecule has 2 nitrogen and oxygen atoms in total. The molecule has 4 rings (SSSR count). The van der Waals surface area contributed by atoms with Crippen molar-refractivity contribution < 1.29 is 9.47 Å². The van der Waals surface area contributed by atoms with Gasteiger partial charge in [-0.05, 0) is 63.2 Å². The molecule has 2 saturated heterocycles. The second-order valence-corrected chi connectivity index (χ2v) is 8.31. The van der Waals surface area contributed by atoms with Crippen LogP contribution < -0.4 is 0 Å². The van der Waals surface area contributed by atoms with Crippen molar-refractivity contribution in [2.45, 2.75) is 83.2 Å². The highest BCUT2D eigenvalue weighted by Gasteiger charge is 2.65. The lowest BCUT2D eigenvalue weighted by Crippen LogP contribution is -2.31. The van der Waals surface area contributed by atoms with Gasteiger partial charge in [0.25, 0.3) is 0 Å². The zero-order valence-electron chi connectivity index (χ0n) is 12.2. The highest BCUT2D eigenvalue weighted by molar-refractivity contribution is 5.13. The smallest absolute Gasteiger partial charge is 0.0949 e. The minimum Gasteiger partial charge on any atom is -0.366 e. The Bertz CT molecular complexity index is 391. The molecule has 0 radical (unpaired) electrons. The molecule has 4 fully saturated rings. The van der Waals surface area contributed by atoms with E-state index in [2.05, 4.69) is 27.7 Å². The zero-order chi connectivity index (χ0) is 12.8. The summed E-state index contributed by atoms with van der Waals surface area (Å²) in [7, 11) is 0. The van der Waals surface area contributed by atoms with Crippen LogP contribution in [0.3, 0.4) is 0 Å². The van der Waals surface area contributed by atoms with Gasteiger partial charge in [-0.2, -0.15) is 0 Å². The molecule has 2 heteroatoms. The van der Waals surface area contributed by atoms with E-state index < -0.39 is 0 Å². The summed E-state index contributed by atoms with van der Waals surface area (Å²) in [5.74, 6) is 1.65. The Labute approximate surface area is 110 Å². The molecule has 0 spiro atoms. The summed E-state index contributed by atoms with van der Waals surface area (Å²) in [4.78, 5) is 0. The highest BCUT2D eigenvalue weighted by atomic mass is 16.6. The van der Waals surface area contributed by atoms with E-state index in [0.29, 0.717) is 17.6 Å². The number of rotatable bonds is 3. The zero-order valence-corrected chi connectivity index (χ0v) is 12.2. The van der Waals surface area contributed by atoms with E-state index in [1.165, 1.54) is 32.1 Å². The van der Waals surface area contributed by atoms with Gasteiger partial charge in [-0.1, -0.05) is 13.8 Å². The lowest BCUT2D eigenvalue weighted by molar-refractivity contribution is 0.190. The van der Waals surface area contributed by atoms with Gasteiger partial charge in [-0.3, -0.25) is 0 Å². The topological polar surface area (TPSA) is 25.1 Å². The molecule has 2 heterocycles. The largest absolute Gasteiger partial charge is 0.366 e. The molecule has 2 saturated carbocycles. The maximum absolute atomic E-state index is 6.13. The Morgan fingerprint density at radius 3 is 2.44 bits per heavy atom. The van der Waals surface area contributed by atoms with E-state index in [0.717, 1.165) is 11.8 Å². The lowest BCUT2D eigenvalue weighted by Gasteiger charge is -2.26. The molecule has 2 aliphatic heterocycles. The minimum atomic E-state index is 0.186. The standard InChI is InChI=1S/C16H26O2/c1-14(2)9-11(14)8-13-16(4,18-13)10-5-6-15(3)12(7-10)17-15/h10-13H,5-9H2,1-4H3. The third kappa shape index (κ3) is 1.61. The van der Waals surface area contributed by atoms with Crippen LogP contribution in [-0.4, -0.2) is 23.4 Å². The molecule has 0 N–H and O–H groups in total. The molecule has 0 amide bonds. The van der Waals surface area contributed by atoms with Crippen molar-refractivity contribution in [2.24, 2.45) is 17.3 Å². The summed E-state index contributed by atoms with van der Waals surface area (Å²) >= 11 is 0. The molecule has 6 unspecified atom stereocenters. The van der Waals surface area contributed by atoms with Crippen LogP contribution in [0.2, 0.25) is 0 Å². The SMILES string of the molecule is CC1(C)CC1CC1OC1(C)C1CCC2(C)OC2C1. The van der Waals surface area contributed by atoms with Gasteiger partial charge in [-0.25, -0.2) is 0 Å². The first-order valence-electron chi connectivity index (χ1n) is 7.69. The van der Waals surface area contributed by atoms with Crippen LogP contribution in [0.1, 0.15) is 59.8 Å². The molecule has 0 aromatic carbocycles. The molecular formula is C16H26O2. The lowest BCUT2D eigenvalue weighted by atomic mass is 9.75. The van der Waals surface area contributed by atoms with Crippen molar-refractivity contribution in [1.82, 2.24) is 0 Å². The quantitative estimate of drug-likeness (QED) is 0.716. The van der Waals surface area contributed by atoms with Crippen LogP contribution in [0.15, 0.2) is 0 Å². The number of hydrogen-bond acceptors (Lipinski definition) is 2. The summed E-state index contributed by atoms with van der Waals surface area (Å²) in [6, 6.07) is 0. The van der Waals surface area contributed by atoms with Gasteiger partial charge >= 0.3 is 0 Å². The first kappa shape index (κ1) is 11.7. The Balaban J connectivity index is 1.35. The Morgan fingerprint density at radius 1 is 1.11 bits per heavy atom. The number of epoxide rings is 2. The first-order chi connectivity index (χ1) is 8.33. The molecule has 6 atom stereocenters. The van der Waals surface area contributed by atoms with Crippen LogP contribution >= 0.6 is 0 Å². The Hall–Kier alpha value is -0.0800. The summed E-state index contributed by atoms with van der Waals surface area (Å²) in [5, 5.41) is 0. The maximum atomic E-state index is 6.13. The highest BCUT2D eigenvalue weighted by Crippen LogP contribution is 2.61. The number of hydrogen-bond donors (Lipinski definition) is 0. The predicted molar refractivity (Wildman–Crippen MR) is 70.4 cm³/mol. The molecule has 4 aliphatic rings. The summed E-state index contributed by atoms with van der Waals surface area (Å²) in [5.41, 5.74) is 1.03. The number of ether oxygens (including phenoxy) is 2. The first-order valence-corrected chi connectivity index (χ1v) is 7.69. The van der Waals surface area contributed by atoms with Crippen LogP contribution in [0.4, 0.5) is 0 Å². The maximum Gasteiger partial charge on any atom is 0.0949 e. The minimum absolute atomic E-state index is 0.186. The van der Waals surface area contributed by atoms with Crippen LogP contribution in [0.5, 0.6) is 0 Å². The van der Waals surface area contributed by atoms with Gasteiger partial charge in [0, 0.05) is 0 Å². The van der Waals surface area contributed by atoms with Crippen LogP contribution in [0.25, 0.3) is 0 Å². The molecule has 2 aliphatic carbocycles. The van der Waals surface area contributed by atoms with Crippen molar-refractivity contribution in [3.63, 3.8) is 0 Å². The molecule has 0 bridgehead atoms. The van der Waals surface area contributed by atoms with Crippen molar-refractivity contribution in [2.75, 3.05) is 0 Å². The second-order valence-electron chi connectivity index (χ2n) is 8.31. The van der Waals surface area contributed by atoms with Gasteiger partial charge in [0.2, 0.25) is 0 Å². The molecule has 18 heavy (non-hydrogen) atoms. The Kier molecular flexibility index (Phi) is 2.05. The van der Waals surface area contributed by atoms with Crippen molar-refractivity contribution in [1.29, 1.82) is 0 Å². The fourth-order valence-corrected chi connectivity index (χ4v) is 4.32. The second kappa shape index (κ2) is 3.15. The van der Waals surface area contributed by atoms with E-state index in [1.54, 1.807) is 0 Å². The van der Waals surface area contributed by atoms with E-state index in [1.807, 2.05) is 0 Å². The molecular weight excluding hydrogens is 224 g/mol. The van der Waals surface area contributed by atoms with Crippen LogP contribution in [0, 0.1) is 17.3 Å². The molecule has 102 valence electrons. The van der Waals surface area contributed by atoms with Crippen LogP contribution in [-0.2, 0) is 9.47 Å². The van der Waals surface area contributed by atoms with Crippen molar-refractivity contribution >= 4 is 0 Å². The Morgan fingerprint density at radius 2 is 1.83 bits per heavy atom. The van der Waals surface area contributed by atoms with E-state index in [-0.39, 0.29) is 11.2 Å². The average Bonchev–Trinajstić information content (AvgIpc) is 3.17. The van der Waals surface area contributed by atoms with E-state index in [4.69, 9.17) is 9.47 Å².